The zero-order valence-electron chi connectivity index (χ0n) is 6.50. The first kappa shape index (κ1) is 9.92. The van der Waals surface area contributed by atoms with Crippen LogP contribution < -0.4 is 0 Å². The number of carboxylic acid groups (broad SMARTS) is 1. The monoisotopic (exact) mass is 244 g/mol. The summed E-state index contributed by atoms with van der Waals surface area (Å²) in [6.45, 7) is 0. The molecule has 0 fully saturated rings. The number of rotatable bonds is 2. The summed E-state index contributed by atoms with van der Waals surface area (Å²) in [4.78, 5) is 10.2. The molecule has 1 rings (SSSR count). The third-order valence-electron chi connectivity index (χ3n) is 1.39. The maximum atomic E-state index is 12.9. The number of carboxylic acids is 1. The normalized spacial score (nSPS) is 10.6. The molecule has 68 valence electrons. The Labute approximate surface area is 82.8 Å². The Morgan fingerprint density at radius 3 is 2.85 bits per heavy atom. The van der Waals surface area contributed by atoms with E-state index >= 15 is 0 Å². The zero-order valence-corrected chi connectivity index (χ0v) is 8.08. The van der Waals surface area contributed by atoms with Gasteiger partial charge < -0.3 is 5.11 Å². The van der Waals surface area contributed by atoms with E-state index in [1.54, 1.807) is 6.07 Å². The second-order valence-electron chi connectivity index (χ2n) is 2.31. The molecule has 0 amide bonds. The molecule has 13 heavy (non-hydrogen) atoms. The summed E-state index contributed by atoms with van der Waals surface area (Å²) in [6, 6.07) is 4.43. The van der Waals surface area contributed by atoms with Gasteiger partial charge in [0.1, 0.15) is 5.82 Å². The van der Waals surface area contributed by atoms with Gasteiger partial charge in [-0.25, -0.2) is 9.18 Å². The maximum Gasteiger partial charge on any atom is 0.328 e. The molecule has 0 aliphatic rings. The van der Waals surface area contributed by atoms with Crippen molar-refractivity contribution >= 4 is 28.0 Å². The van der Waals surface area contributed by atoms with Crippen molar-refractivity contribution in [3.63, 3.8) is 0 Å². The van der Waals surface area contributed by atoms with Crippen molar-refractivity contribution in [2.24, 2.45) is 0 Å². The Bertz CT molecular complexity index is 361. The number of hydrogen-bond acceptors (Lipinski definition) is 1. The fourth-order valence-corrected chi connectivity index (χ4v) is 1.21. The van der Waals surface area contributed by atoms with Crippen LogP contribution in [0.5, 0.6) is 0 Å². The van der Waals surface area contributed by atoms with Crippen LogP contribution in [0.2, 0.25) is 0 Å². The predicted molar refractivity (Wildman–Crippen MR) is 50.8 cm³/mol. The highest BCUT2D eigenvalue weighted by Crippen LogP contribution is 2.21. The molecule has 0 atom stereocenters. The molecule has 4 heteroatoms. The average Bonchev–Trinajstić information content (AvgIpc) is 2.07. The fraction of sp³-hybridized carbons (Fsp3) is 0. The summed E-state index contributed by atoms with van der Waals surface area (Å²) in [5.74, 6) is -1.47. The van der Waals surface area contributed by atoms with E-state index in [2.05, 4.69) is 15.9 Å². The first-order valence-electron chi connectivity index (χ1n) is 3.46. The van der Waals surface area contributed by atoms with Gasteiger partial charge in [0.2, 0.25) is 0 Å². The van der Waals surface area contributed by atoms with Gasteiger partial charge in [0.15, 0.2) is 0 Å². The highest BCUT2D eigenvalue weighted by molar-refractivity contribution is 9.10. The molecule has 0 spiro atoms. The van der Waals surface area contributed by atoms with Crippen LogP contribution in [-0.4, -0.2) is 11.1 Å². The van der Waals surface area contributed by atoms with Crippen LogP contribution in [0.3, 0.4) is 0 Å². The lowest BCUT2D eigenvalue weighted by Gasteiger charge is -1.97. The van der Waals surface area contributed by atoms with E-state index in [1.807, 2.05) is 0 Å². The van der Waals surface area contributed by atoms with E-state index in [-0.39, 0.29) is 4.47 Å². The second kappa shape index (κ2) is 4.18. The molecular weight excluding hydrogens is 239 g/mol. The molecule has 1 aromatic carbocycles. The molecule has 0 aliphatic heterocycles. The van der Waals surface area contributed by atoms with Crippen LogP contribution in [0.1, 0.15) is 5.56 Å². The zero-order chi connectivity index (χ0) is 9.84. The highest BCUT2D eigenvalue weighted by atomic mass is 79.9. The largest absolute Gasteiger partial charge is 0.478 e. The summed E-state index contributed by atoms with van der Waals surface area (Å²) in [5.41, 5.74) is 0.502. The Balaban J connectivity index is 3.02. The summed E-state index contributed by atoms with van der Waals surface area (Å²) >= 11 is 3.01. The van der Waals surface area contributed by atoms with Crippen molar-refractivity contribution in [3.8, 4) is 0 Å². The molecule has 0 saturated carbocycles. The first-order chi connectivity index (χ1) is 6.11. The second-order valence-corrected chi connectivity index (χ2v) is 3.11. The maximum absolute atomic E-state index is 12.9. The van der Waals surface area contributed by atoms with Crippen LogP contribution in [0.4, 0.5) is 4.39 Å². The minimum absolute atomic E-state index is 0.271. The van der Waals surface area contributed by atoms with Gasteiger partial charge in [0.05, 0.1) is 4.47 Å². The Kier molecular flexibility index (Phi) is 3.19. The van der Waals surface area contributed by atoms with Gasteiger partial charge in [0, 0.05) is 6.08 Å². The van der Waals surface area contributed by atoms with Crippen LogP contribution in [-0.2, 0) is 4.79 Å². The van der Waals surface area contributed by atoms with Gasteiger partial charge >= 0.3 is 5.97 Å². The fourth-order valence-electron chi connectivity index (χ4n) is 0.810. The standard InChI is InChI=1S/C9H6BrFO2/c10-9-6(4-5-8(12)13)2-1-3-7(9)11/h1-5H,(H,12,13)/b5-4+. The van der Waals surface area contributed by atoms with E-state index < -0.39 is 11.8 Å². The van der Waals surface area contributed by atoms with E-state index in [4.69, 9.17) is 5.11 Å². The van der Waals surface area contributed by atoms with Gasteiger partial charge in [-0.2, -0.15) is 0 Å². The summed E-state index contributed by atoms with van der Waals surface area (Å²) < 4.78 is 13.1. The number of halogens is 2. The van der Waals surface area contributed by atoms with E-state index in [1.165, 1.54) is 18.2 Å². The molecular formula is C9H6BrFO2. The van der Waals surface area contributed by atoms with Crippen LogP contribution >= 0.6 is 15.9 Å². The molecule has 0 bridgehead atoms. The third-order valence-corrected chi connectivity index (χ3v) is 2.22. The average molecular weight is 245 g/mol. The number of benzene rings is 1. The first-order valence-corrected chi connectivity index (χ1v) is 4.25. The molecule has 0 radical (unpaired) electrons. The molecule has 0 aromatic heterocycles. The Morgan fingerprint density at radius 2 is 2.23 bits per heavy atom. The lowest BCUT2D eigenvalue weighted by molar-refractivity contribution is -0.131. The van der Waals surface area contributed by atoms with E-state index in [9.17, 15) is 9.18 Å². The molecule has 0 aliphatic carbocycles. The van der Waals surface area contributed by atoms with Crippen molar-refractivity contribution in [2.45, 2.75) is 0 Å². The van der Waals surface area contributed by atoms with E-state index in [0.29, 0.717) is 5.56 Å². The molecule has 0 saturated heterocycles. The van der Waals surface area contributed by atoms with Gasteiger partial charge in [-0.15, -0.1) is 0 Å². The molecule has 2 nitrogen and oxygen atoms in total. The minimum Gasteiger partial charge on any atom is -0.478 e. The summed E-state index contributed by atoms with van der Waals surface area (Å²) in [6.07, 6.45) is 2.29. The SMILES string of the molecule is O=C(O)/C=C/c1cccc(F)c1Br. The van der Waals surface area contributed by atoms with Crippen molar-refractivity contribution in [1.29, 1.82) is 0 Å². The van der Waals surface area contributed by atoms with Crippen molar-refractivity contribution in [2.75, 3.05) is 0 Å². The Morgan fingerprint density at radius 1 is 1.54 bits per heavy atom. The molecule has 1 aromatic rings. The molecule has 0 heterocycles. The van der Waals surface area contributed by atoms with Crippen molar-refractivity contribution in [3.05, 3.63) is 40.1 Å². The van der Waals surface area contributed by atoms with Crippen LogP contribution in [0.15, 0.2) is 28.7 Å². The van der Waals surface area contributed by atoms with Gasteiger partial charge in [-0.05, 0) is 33.6 Å². The summed E-state index contributed by atoms with van der Waals surface area (Å²) in [5, 5.41) is 8.34. The van der Waals surface area contributed by atoms with Gasteiger partial charge in [0.25, 0.3) is 0 Å². The molecule has 0 unspecified atom stereocenters. The number of aliphatic carboxylic acids is 1. The lowest BCUT2D eigenvalue weighted by Crippen LogP contribution is -1.87. The quantitative estimate of drug-likeness (QED) is 0.813. The van der Waals surface area contributed by atoms with Crippen molar-refractivity contribution < 1.29 is 14.3 Å². The lowest BCUT2D eigenvalue weighted by atomic mass is 10.2. The van der Waals surface area contributed by atoms with Crippen molar-refractivity contribution in [1.82, 2.24) is 0 Å². The smallest absolute Gasteiger partial charge is 0.328 e. The number of hydrogen-bond donors (Lipinski definition) is 1. The predicted octanol–water partition coefficient (Wildman–Crippen LogP) is 2.69. The molecule has 1 N–H and O–H groups in total. The minimum atomic E-state index is -1.06. The van der Waals surface area contributed by atoms with Crippen LogP contribution in [0.25, 0.3) is 6.08 Å². The van der Waals surface area contributed by atoms with Crippen LogP contribution in [0, 0.1) is 5.82 Å². The van der Waals surface area contributed by atoms with Gasteiger partial charge in [-0.1, -0.05) is 12.1 Å². The topological polar surface area (TPSA) is 37.3 Å². The summed E-state index contributed by atoms with van der Waals surface area (Å²) in [7, 11) is 0. The highest BCUT2D eigenvalue weighted by Gasteiger charge is 2.01. The van der Waals surface area contributed by atoms with E-state index in [0.717, 1.165) is 6.08 Å². The third kappa shape index (κ3) is 2.66. The van der Waals surface area contributed by atoms with Gasteiger partial charge in [-0.3, -0.25) is 0 Å². The Hall–Kier alpha value is -1.16. The number of carbonyl (C=O) groups is 1.